The normalized spacial score (nSPS) is 10.5. The first-order valence-electron chi connectivity index (χ1n) is 7.26. The Morgan fingerprint density at radius 2 is 2.17 bits per heavy atom. The second-order valence-electron chi connectivity index (χ2n) is 5.28. The molecule has 1 N–H and O–H groups in total. The van der Waals surface area contributed by atoms with Crippen LogP contribution < -0.4 is 5.32 Å². The predicted molar refractivity (Wildman–Crippen MR) is 94.6 cm³/mol. The number of benzene rings is 1. The minimum absolute atomic E-state index is 0.0466. The fourth-order valence-corrected chi connectivity index (χ4v) is 2.93. The number of hydrogen-bond acceptors (Lipinski definition) is 5. The number of urea groups is 1. The number of esters is 1. The van der Waals surface area contributed by atoms with Crippen molar-refractivity contribution in [1.82, 2.24) is 9.88 Å². The summed E-state index contributed by atoms with van der Waals surface area (Å²) < 4.78 is 4.64. The highest BCUT2D eigenvalue weighted by molar-refractivity contribution is 7.09. The lowest BCUT2D eigenvalue weighted by Crippen LogP contribution is -2.39. The zero-order chi connectivity index (χ0) is 17.7. The molecule has 1 heterocycles. The maximum atomic E-state index is 12.5. The fraction of sp³-hybridized carbons (Fsp3) is 0.312. The summed E-state index contributed by atoms with van der Waals surface area (Å²) in [5, 5.41) is 5.64. The number of anilines is 1. The number of carbonyl (C=O) groups excluding carboxylic acids is 2. The molecular weight excluding hydrogens is 350 g/mol. The average molecular weight is 368 g/mol. The van der Waals surface area contributed by atoms with Crippen LogP contribution in [0.25, 0.3) is 0 Å². The summed E-state index contributed by atoms with van der Waals surface area (Å²) in [6.45, 7) is 4.12. The standard InChI is InChI=1S/C16H18ClN3O3S/c1-10(2)20(8-14-19-13(9-24-14)15(21)23-3)16(22)18-12-6-4-5-11(17)7-12/h4-7,9-10H,8H2,1-3H3,(H,18,22). The van der Waals surface area contributed by atoms with E-state index in [4.69, 9.17) is 11.6 Å². The van der Waals surface area contributed by atoms with Crippen LogP contribution in [0.15, 0.2) is 29.6 Å². The zero-order valence-corrected chi connectivity index (χ0v) is 15.1. The van der Waals surface area contributed by atoms with Crippen LogP contribution >= 0.6 is 22.9 Å². The molecule has 0 atom stereocenters. The van der Waals surface area contributed by atoms with E-state index in [9.17, 15) is 9.59 Å². The molecule has 0 fully saturated rings. The molecule has 0 saturated carbocycles. The van der Waals surface area contributed by atoms with Crippen molar-refractivity contribution in [1.29, 1.82) is 0 Å². The van der Waals surface area contributed by atoms with Crippen molar-refractivity contribution < 1.29 is 14.3 Å². The van der Waals surface area contributed by atoms with Crippen LogP contribution in [0.4, 0.5) is 10.5 Å². The maximum Gasteiger partial charge on any atom is 0.357 e. The molecule has 0 aliphatic heterocycles. The Hall–Kier alpha value is -2.12. The fourth-order valence-electron chi connectivity index (χ4n) is 1.98. The molecule has 0 bridgehead atoms. The Kier molecular flexibility index (Phi) is 6.16. The number of thiazole rings is 1. The van der Waals surface area contributed by atoms with E-state index in [1.54, 1.807) is 34.5 Å². The second kappa shape index (κ2) is 8.12. The van der Waals surface area contributed by atoms with Crippen molar-refractivity contribution in [2.24, 2.45) is 0 Å². The third-order valence-electron chi connectivity index (χ3n) is 3.21. The Morgan fingerprint density at radius 1 is 1.42 bits per heavy atom. The number of carbonyl (C=O) groups is 2. The first-order valence-corrected chi connectivity index (χ1v) is 8.52. The van der Waals surface area contributed by atoms with Crippen LogP contribution in [0.5, 0.6) is 0 Å². The van der Waals surface area contributed by atoms with Crippen molar-refractivity contribution in [2.45, 2.75) is 26.4 Å². The SMILES string of the molecule is COC(=O)c1csc(CN(C(=O)Nc2cccc(Cl)c2)C(C)C)n1. The molecule has 6 nitrogen and oxygen atoms in total. The first-order chi connectivity index (χ1) is 11.4. The summed E-state index contributed by atoms with van der Waals surface area (Å²) in [5.74, 6) is -0.489. The summed E-state index contributed by atoms with van der Waals surface area (Å²) in [6.07, 6.45) is 0. The summed E-state index contributed by atoms with van der Waals surface area (Å²) in [7, 11) is 1.31. The van der Waals surface area contributed by atoms with E-state index in [0.29, 0.717) is 22.3 Å². The van der Waals surface area contributed by atoms with Crippen molar-refractivity contribution >= 4 is 40.6 Å². The van der Waals surface area contributed by atoms with Gasteiger partial charge in [0.25, 0.3) is 0 Å². The van der Waals surface area contributed by atoms with Gasteiger partial charge < -0.3 is 15.0 Å². The number of methoxy groups -OCH3 is 1. The van der Waals surface area contributed by atoms with Gasteiger partial charge in [-0.1, -0.05) is 17.7 Å². The van der Waals surface area contributed by atoms with Gasteiger partial charge in [0, 0.05) is 22.1 Å². The van der Waals surface area contributed by atoms with Gasteiger partial charge in [0.2, 0.25) is 0 Å². The number of rotatable bonds is 5. The minimum Gasteiger partial charge on any atom is -0.464 e. The lowest BCUT2D eigenvalue weighted by atomic mass is 10.3. The van der Waals surface area contributed by atoms with Crippen LogP contribution in [-0.4, -0.2) is 35.0 Å². The van der Waals surface area contributed by atoms with E-state index < -0.39 is 5.97 Å². The average Bonchev–Trinajstić information content (AvgIpc) is 3.00. The van der Waals surface area contributed by atoms with Crippen LogP contribution in [0, 0.1) is 0 Å². The highest BCUT2D eigenvalue weighted by atomic mass is 35.5. The molecule has 1 aromatic heterocycles. The van der Waals surface area contributed by atoms with E-state index >= 15 is 0 Å². The van der Waals surface area contributed by atoms with E-state index in [1.807, 2.05) is 13.8 Å². The van der Waals surface area contributed by atoms with Gasteiger partial charge in [-0.3, -0.25) is 0 Å². The Morgan fingerprint density at radius 3 is 2.79 bits per heavy atom. The molecule has 8 heteroatoms. The number of nitrogens with one attached hydrogen (secondary N) is 1. The van der Waals surface area contributed by atoms with Gasteiger partial charge in [-0.05, 0) is 32.0 Å². The summed E-state index contributed by atoms with van der Waals surface area (Å²) in [6, 6.07) is 6.64. The van der Waals surface area contributed by atoms with Crippen molar-refractivity contribution in [3.63, 3.8) is 0 Å². The summed E-state index contributed by atoms with van der Waals surface area (Å²) in [5.41, 5.74) is 0.865. The molecule has 2 amide bonds. The maximum absolute atomic E-state index is 12.5. The Balaban J connectivity index is 2.09. The molecule has 128 valence electrons. The molecule has 0 saturated heterocycles. The van der Waals surface area contributed by atoms with Gasteiger partial charge in [0.05, 0.1) is 13.7 Å². The highest BCUT2D eigenvalue weighted by Crippen LogP contribution is 2.18. The quantitative estimate of drug-likeness (QED) is 0.810. The highest BCUT2D eigenvalue weighted by Gasteiger charge is 2.20. The number of ether oxygens (including phenoxy) is 1. The Bertz CT molecular complexity index is 733. The molecule has 0 spiro atoms. The van der Waals surface area contributed by atoms with Gasteiger partial charge in [-0.25, -0.2) is 14.6 Å². The van der Waals surface area contributed by atoms with E-state index in [2.05, 4.69) is 15.0 Å². The molecule has 2 aromatic rings. The molecule has 0 aliphatic rings. The van der Waals surface area contributed by atoms with Crippen LogP contribution in [0.1, 0.15) is 29.3 Å². The summed E-state index contributed by atoms with van der Waals surface area (Å²) in [4.78, 5) is 29.8. The van der Waals surface area contributed by atoms with E-state index in [-0.39, 0.29) is 17.8 Å². The number of hydrogen-bond donors (Lipinski definition) is 1. The monoisotopic (exact) mass is 367 g/mol. The van der Waals surface area contributed by atoms with Crippen molar-refractivity contribution in [3.05, 3.63) is 45.4 Å². The zero-order valence-electron chi connectivity index (χ0n) is 13.6. The topological polar surface area (TPSA) is 71.5 Å². The molecule has 0 radical (unpaired) electrons. The number of amides is 2. The van der Waals surface area contributed by atoms with Gasteiger partial charge in [0.1, 0.15) is 5.01 Å². The molecule has 0 aliphatic carbocycles. The molecule has 0 unspecified atom stereocenters. The van der Waals surface area contributed by atoms with Crippen LogP contribution in [0.2, 0.25) is 5.02 Å². The second-order valence-corrected chi connectivity index (χ2v) is 6.66. The Labute approximate surface area is 149 Å². The first kappa shape index (κ1) is 18.2. The lowest BCUT2D eigenvalue weighted by molar-refractivity contribution is 0.0594. The van der Waals surface area contributed by atoms with Gasteiger partial charge >= 0.3 is 12.0 Å². The van der Waals surface area contributed by atoms with E-state index in [1.165, 1.54) is 18.4 Å². The molecule has 24 heavy (non-hydrogen) atoms. The molecular formula is C16H18ClN3O3S. The number of nitrogens with zero attached hydrogens (tertiary/aromatic N) is 2. The van der Waals surface area contributed by atoms with Crippen LogP contribution in [-0.2, 0) is 11.3 Å². The van der Waals surface area contributed by atoms with E-state index in [0.717, 1.165) is 0 Å². The molecule has 2 rings (SSSR count). The largest absolute Gasteiger partial charge is 0.464 e. The van der Waals surface area contributed by atoms with Gasteiger partial charge in [-0.15, -0.1) is 11.3 Å². The smallest absolute Gasteiger partial charge is 0.357 e. The van der Waals surface area contributed by atoms with Gasteiger partial charge in [0.15, 0.2) is 5.69 Å². The van der Waals surface area contributed by atoms with Crippen molar-refractivity contribution in [3.8, 4) is 0 Å². The lowest BCUT2D eigenvalue weighted by Gasteiger charge is -2.26. The van der Waals surface area contributed by atoms with Crippen LogP contribution in [0.3, 0.4) is 0 Å². The third-order valence-corrected chi connectivity index (χ3v) is 4.28. The third kappa shape index (κ3) is 4.69. The molecule has 1 aromatic carbocycles. The summed E-state index contributed by atoms with van der Waals surface area (Å²) >= 11 is 7.24. The van der Waals surface area contributed by atoms with Gasteiger partial charge in [-0.2, -0.15) is 0 Å². The number of aromatic nitrogens is 1. The minimum atomic E-state index is -0.489. The number of halogens is 1. The van der Waals surface area contributed by atoms with Crippen molar-refractivity contribution in [2.75, 3.05) is 12.4 Å². The predicted octanol–water partition coefficient (Wildman–Crippen LogP) is 4.03.